The van der Waals surface area contributed by atoms with E-state index in [1.807, 2.05) is 30.3 Å². The second-order valence-corrected chi connectivity index (χ2v) is 5.06. The third-order valence-electron chi connectivity index (χ3n) is 2.54. The molecule has 0 bridgehead atoms. The number of aliphatic carboxylic acids is 1. The smallest absolute Gasteiger partial charge is 0.329 e. The van der Waals surface area contributed by atoms with Gasteiger partial charge in [-0.05, 0) is 35.0 Å². The van der Waals surface area contributed by atoms with Crippen LogP contribution in [0.1, 0.15) is 0 Å². The molecule has 0 unspecified atom stereocenters. The van der Waals surface area contributed by atoms with Crippen molar-refractivity contribution in [2.45, 2.75) is 0 Å². The third-order valence-corrected chi connectivity index (χ3v) is 3.04. The van der Waals surface area contributed by atoms with Crippen molar-refractivity contribution in [1.29, 1.82) is 0 Å². The maximum atomic E-state index is 11.5. The summed E-state index contributed by atoms with van der Waals surface area (Å²) in [6, 6.07) is 11.4. The van der Waals surface area contributed by atoms with E-state index in [4.69, 9.17) is 9.84 Å². The van der Waals surface area contributed by atoms with Crippen LogP contribution in [0.4, 0.5) is 5.69 Å². The van der Waals surface area contributed by atoms with Crippen LogP contribution in [0.15, 0.2) is 40.9 Å². The molecule has 6 heteroatoms. The quantitative estimate of drug-likeness (QED) is 0.879. The molecule has 0 aliphatic heterocycles. The predicted octanol–water partition coefficient (Wildman–Crippen LogP) is 2.64. The first-order valence-corrected chi connectivity index (χ1v) is 6.62. The van der Waals surface area contributed by atoms with Gasteiger partial charge in [0.2, 0.25) is 5.91 Å². The zero-order valence-corrected chi connectivity index (χ0v) is 12.0. The molecule has 0 atom stereocenters. The maximum Gasteiger partial charge on any atom is 0.329 e. The van der Waals surface area contributed by atoms with Gasteiger partial charge >= 0.3 is 5.97 Å². The van der Waals surface area contributed by atoms with Crippen molar-refractivity contribution in [3.05, 3.63) is 40.9 Å². The van der Waals surface area contributed by atoms with E-state index in [-0.39, 0.29) is 12.5 Å². The lowest BCUT2D eigenvalue weighted by Crippen LogP contribution is -2.20. The molecule has 104 valence electrons. The molecule has 2 aromatic rings. The van der Waals surface area contributed by atoms with Gasteiger partial charge in [0.15, 0.2) is 0 Å². The fraction of sp³-hybridized carbons (Fsp3) is 0.143. The van der Waals surface area contributed by atoms with E-state index >= 15 is 0 Å². The highest BCUT2D eigenvalue weighted by Crippen LogP contribution is 2.22. The molecule has 0 aliphatic carbocycles. The molecule has 20 heavy (non-hydrogen) atoms. The number of amides is 1. The SMILES string of the molecule is O=C(O)COCC(=O)Nc1ccc2cc(Br)ccc2c1. The summed E-state index contributed by atoms with van der Waals surface area (Å²) in [5.74, 6) is -1.49. The molecule has 0 spiro atoms. The van der Waals surface area contributed by atoms with Gasteiger partial charge in [0.1, 0.15) is 13.2 Å². The van der Waals surface area contributed by atoms with Gasteiger partial charge in [-0.3, -0.25) is 4.79 Å². The highest BCUT2D eigenvalue weighted by molar-refractivity contribution is 9.10. The molecule has 5 nitrogen and oxygen atoms in total. The van der Waals surface area contributed by atoms with Crippen LogP contribution in [0.5, 0.6) is 0 Å². The summed E-state index contributed by atoms with van der Waals surface area (Å²) >= 11 is 3.40. The number of carbonyl (C=O) groups is 2. The minimum atomic E-state index is -1.10. The molecule has 2 rings (SSSR count). The number of carbonyl (C=O) groups excluding carboxylic acids is 1. The van der Waals surface area contributed by atoms with E-state index in [1.54, 1.807) is 6.07 Å². The first-order chi connectivity index (χ1) is 9.54. The number of ether oxygens (including phenoxy) is 1. The number of nitrogens with one attached hydrogen (secondary N) is 1. The van der Waals surface area contributed by atoms with Crippen molar-refractivity contribution in [2.24, 2.45) is 0 Å². The molecule has 0 radical (unpaired) electrons. The number of benzene rings is 2. The number of carboxylic acid groups (broad SMARTS) is 1. The topological polar surface area (TPSA) is 75.6 Å². The Morgan fingerprint density at radius 3 is 2.55 bits per heavy atom. The second kappa shape index (κ2) is 6.49. The Bertz CT molecular complexity index is 657. The van der Waals surface area contributed by atoms with Crippen molar-refractivity contribution in [3.63, 3.8) is 0 Å². The van der Waals surface area contributed by atoms with Crippen molar-refractivity contribution >= 4 is 44.3 Å². The average Bonchev–Trinajstić information content (AvgIpc) is 2.38. The molecular formula is C14H12BrNO4. The van der Waals surface area contributed by atoms with Crippen molar-refractivity contribution in [2.75, 3.05) is 18.5 Å². The summed E-state index contributed by atoms with van der Waals surface area (Å²) in [5.41, 5.74) is 0.642. The highest BCUT2D eigenvalue weighted by Gasteiger charge is 2.05. The summed E-state index contributed by atoms with van der Waals surface area (Å²) in [4.78, 5) is 21.8. The second-order valence-electron chi connectivity index (χ2n) is 4.14. The number of carboxylic acids is 1. The lowest BCUT2D eigenvalue weighted by Gasteiger charge is -2.07. The molecule has 2 N–H and O–H groups in total. The van der Waals surface area contributed by atoms with E-state index in [0.29, 0.717) is 5.69 Å². The Morgan fingerprint density at radius 1 is 1.10 bits per heavy atom. The first kappa shape index (κ1) is 14.5. The summed E-state index contributed by atoms with van der Waals surface area (Å²) < 4.78 is 5.70. The lowest BCUT2D eigenvalue weighted by atomic mass is 10.1. The van der Waals surface area contributed by atoms with Crippen LogP contribution in [-0.4, -0.2) is 30.2 Å². The lowest BCUT2D eigenvalue weighted by molar-refractivity contribution is -0.143. The monoisotopic (exact) mass is 337 g/mol. The van der Waals surface area contributed by atoms with Gasteiger partial charge in [0.25, 0.3) is 0 Å². The highest BCUT2D eigenvalue weighted by atomic mass is 79.9. The molecular weight excluding hydrogens is 326 g/mol. The van der Waals surface area contributed by atoms with E-state index in [2.05, 4.69) is 21.2 Å². The van der Waals surface area contributed by atoms with Crippen LogP contribution in [0.3, 0.4) is 0 Å². The van der Waals surface area contributed by atoms with Crippen LogP contribution in [0, 0.1) is 0 Å². The standard InChI is InChI=1S/C14H12BrNO4/c15-11-3-1-10-6-12(4-2-9(10)5-11)16-13(17)7-20-8-14(18)19/h1-6H,7-8H2,(H,16,17)(H,18,19). The largest absolute Gasteiger partial charge is 0.480 e. The summed E-state index contributed by atoms with van der Waals surface area (Å²) in [6.45, 7) is -0.774. The van der Waals surface area contributed by atoms with Gasteiger partial charge in [0, 0.05) is 10.2 Å². The van der Waals surface area contributed by atoms with Crippen LogP contribution in [0.25, 0.3) is 10.8 Å². The normalized spacial score (nSPS) is 10.4. The Kier molecular flexibility index (Phi) is 4.70. The van der Waals surface area contributed by atoms with Gasteiger partial charge in [0.05, 0.1) is 0 Å². The molecule has 0 heterocycles. The summed E-state index contributed by atoms with van der Waals surface area (Å²) in [5, 5.41) is 13.1. The zero-order chi connectivity index (χ0) is 14.5. The molecule has 0 aromatic heterocycles. The number of hydrogen-bond donors (Lipinski definition) is 2. The van der Waals surface area contributed by atoms with Crippen molar-refractivity contribution in [3.8, 4) is 0 Å². The number of halogens is 1. The minimum absolute atomic E-state index is 0.287. The van der Waals surface area contributed by atoms with Gasteiger partial charge in [-0.1, -0.05) is 28.1 Å². The van der Waals surface area contributed by atoms with Crippen molar-refractivity contribution in [1.82, 2.24) is 0 Å². The van der Waals surface area contributed by atoms with Gasteiger partial charge in [-0.25, -0.2) is 4.79 Å². The number of anilines is 1. The fourth-order valence-electron chi connectivity index (χ4n) is 1.72. The minimum Gasteiger partial charge on any atom is -0.480 e. The maximum absolute atomic E-state index is 11.5. The van der Waals surface area contributed by atoms with Crippen molar-refractivity contribution < 1.29 is 19.4 Å². The van der Waals surface area contributed by atoms with Gasteiger partial charge in [-0.15, -0.1) is 0 Å². The third kappa shape index (κ3) is 4.04. The number of fused-ring (bicyclic) bond motifs is 1. The first-order valence-electron chi connectivity index (χ1n) is 5.83. The summed E-state index contributed by atoms with van der Waals surface area (Å²) in [7, 11) is 0. The van der Waals surface area contributed by atoms with E-state index in [0.717, 1.165) is 15.2 Å². The molecule has 0 fully saturated rings. The molecule has 2 aromatic carbocycles. The van der Waals surface area contributed by atoms with Crippen LogP contribution >= 0.6 is 15.9 Å². The Labute approximate surface area is 123 Å². The van der Waals surface area contributed by atoms with Crippen LogP contribution in [0.2, 0.25) is 0 Å². The van der Waals surface area contributed by atoms with Crippen LogP contribution < -0.4 is 5.32 Å². The molecule has 0 aliphatic rings. The zero-order valence-electron chi connectivity index (χ0n) is 10.4. The summed E-state index contributed by atoms with van der Waals surface area (Å²) in [6.07, 6.45) is 0. The molecule has 0 saturated heterocycles. The number of rotatable bonds is 5. The van der Waals surface area contributed by atoms with E-state index in [1.165, 1.54) is 0 Å². The Morgan fingerprint density at radius 2 is 1.80 bits per heavy atom. The molecule has 1 amide bonds. The average molecular weight is 338 g/mol. The van der Waals surface area contributed by atoms with E-state index < -0.39 is 12.6 Å². The molecule has 0 saturated carbocycles. The van der Waals surface area contributed by atoms with E-state index in [9.17, 15) is 9.59 Å². The Hall–Kier alpha value is -1.92. The number of hydrogen-bond acceptors (Lipinski definition) is 3. The van der Waals surface area contributed by atoms with Gasteiger partial charge in [-0.2, -0.15) is 0 Å². The predicted molar refractivity (Wildman–Crippen MR) is 78.7 cm³/mol. The fourth-order valence-corrected chi connectivity index (χ4v) is 2.10. The Balaban J connectivity index is 2.01. The van der Waals surface area contributed by atoms with Gasteiger partial charge < -0.3 is 15.2 Å². The van der Waals surface area contributed by atoms with Crippen LogP contribution in [-0.2, 0) is 14.3 Å².